The van der Waals surface area contributed by atoms with Crippen molar-refractivity contribution in [1.29, 1.82) is 0 Å². The van der Waals surface area contributed by atoms with Crippen molar-refractivity contribution in [2.75, 3.05) is 24.3 Å². The van der Waals surface area contributed by atoms with E-state index >= 15 is 0 Å². The number of nitrogens with one attached hydrogen (secondary N) is 1. The zero-order chi connectivity index (χ0) is 15.2. The normalized spacial score (nSPS) is 22.7. The third-order valence-electron chi connectivity index (χ3n) is 4.87. The third kappa shape index (κ3) is 4.66. The quantitative estimate of drug-likeness (QED) is 0.747. The van der Waals surface area contributed by atoms with Crippen LogP contribution in [0.15, 0.2) is 18.2 Å². The maximum atomic E-state index is 3.80. The van der Waals surface area contributed by atoms with Gasteiger partial charge in [0, 0.05) is 31.5 Å². The van der Waals surface area contributed by atoms with E-state index in [0.717, 1.165) is 5.92 Å². The molecule has 0 aromatic heterocycles. The van der Waals surface area contributed by atoms with E-state index in [0.29, 0.717) is 6.04 Å². The molecule has 1 aromatic rings. The Morgan fingerprint density at radius 1 is 1.14 bits per heavy atom. The van der Waals surface area contributed by atoms with Gasteiger partial charge >= 0.3 is 0 Å². The van der Waals surface area contributed by atoms with Gasteiger partial charge in [-0.25, -0.2) is 0 Å². The van der Waals surface area contributed by atoms with E-state index in [1.54, 1.807) is 0 Å². The van der Waals surface area contributed by atoms with Crippen LogP contribution in [-0.4, -0.2) is 20.1 Å². The molecule has 1 aliphatic rings. The van der Waals surface area contributed by atoms with E-state index in [1.807, 2.05) is 0 Å². The Balaban J connectivity index is 1.95. The molecule has 2 unspecified atom stereocenters. The third-order valence-corrected chi connectivity index (χ3v) is 4.87. The highest BCUT2D eigenvalue weighted by molar-refractivity contribution is 5.60. The Hall–Kier alpha value is -1.18. The summed E-state index contributed by atoms with van der Waals surface area (Å²) in [6.45, 7) is 4.53. The molecule has 2 atom stereocenters. The lowest BCUT2D eigenvalue weighted by molar-refractivity contribution is 0.422. The minimum absolute atomic E-state index is 0.663. The predicted molar refractivity (Wildman–Crippen MR) is 94.4 cm³/mol. The molecule has 1 aliphatic carbocycles. The summed E-state index contributed by atoms with van der Waals surface area (Å²) < 4.78 is 0. The topological polar surface area (TPSA) is 15.3 Å². The Kier molecular flexibility index (Phi) is 5.96. The summed E-state index contributed by atoms with van der Waals surface area (Å²) in [7, 11) is 4.20. The van der Waals surface area contributed by atoms with Crippen molar-refractivity contribution in [3.63, 3.8) is 0 Å². The van der Waals surface area contributed by atoms with Gasteiger partial charge in [0.15, 0.2) is 0 Å². The van der Waals surface area contributed by atoms with Crippen LogP contribution in [0.2, 0.25) is 0 Å². The minimum Gasteiger partial charge on any atom is -0.382 e. The molecule has 1 saturated carbocycles. The van der Waals surface area contributed by atoms with Gasteiger partial charge in [-0.05, 0) is 55.9 Å². The van der Waals surface area contributed by atoms with Gasteiger partial charge in [0.05, 0.1) is 0 Å². The Labute approximate surface area is 130 Å². The number of aryl methyl sites for hydroxylation is 1. The van der Waals surface area contributed by atoms with Gasteiger partial charge < -0.3 is 10.2 Å². The van der Waals surface area contributed by atoms with E-state index < -0.39 is 0 Å². The largest absolute Gasteiger partial charge is 0.382 e. The Bertz CT molecular complexity index is 439. The van der Waals surface area contributed by atoms with Gasteiger partial charge in [-0.1, -0.05) is 32.6 Å². The lowest BCUT2D eigenvalue weighted by atomic mass is 9.95. The molecule has 1 fully saturated rings. The van der Waals surface area contributed by atoms with Gasteiger partial charge in [0.1, 0.15) is 0 Å². The molecule has 0 radical (unpaired) electrons. The standard InChI is InChI=1S/C19H32N2/c1-5-7-16-8-6-9-17(11-10-16)20-19-13-12-18(21(3)4)14-15(19)2/h12-14,16-17,20H,5-11H2,1-4H3. The van der Waals surface area contributed by atoms with Crippen LogP contribution in [-0.2, 0) is 0 Å². The molecule has 0 amide bonds. The number of nitrogens with zero attached hydrogens (tertiary/aromatic N) is 1. The maximum absolute atomic E-state index is 3.80. The van der Waals surface area contributed by atoms with Crippen molar-refractivity contribution in [2.45, 2.75) is 64.8 Å². The van der Waals surface area contributed by atoms with E-state index in [4.69, 9.17) is 0 Å². The first-order valence-corrected chi connectivity index (χ1v) is 8.64. The van der Waals surface area contributed by atoms with Crippen LogP contribution >= 0.6 is 0 Å². The van der Waals surface area contributed by atoms with Crippen LogP contribution < -0.4 is 10.2 Å². The first kappa shape index (κ1) is 16.2. The van der Waals surface area contributed by atoms with Gasteiger partial charge in [-0.3, -0.25) is 0 Å². The molecule has 1 aromatic carbocycles. The molecule has 0 aliphatic heterocycles. The molecule has 0 saturated heterocycles. The molecule has 2 rings (SSSR count). The molecule has 2 heteroatoms. The van der Waals surface area contributed by atoms with Crippen LogP contribution in [0.4, 0.5) is 11.4 Å². The number of benzene rings is 1. The molecular weight excluding hydrogens is 256 g/mol. The first-order chi connectivity index (χ1) is 10.1. The Morgan fingerprint density at radius 3 is 2.62 bits per heavy atom. The molecule has 1 N–H and O–H groups in total. The molecular formula is C19H32N2. The van der Waals surface area contributed by atoms with Gasteiger partial charge in [0.2, 0.25) is 0 Å². The van der Waals surface area contributed by atoms with E-state index in [1.165, 1.54) is 61.9 Å². The fraction of sp³-hybridized carbons (Fsp3) is 0.684. The molecule has 118 valence electrons. The van der Waals surface area contributed by atoms with Crippen LogP contribution in [0.1, 0.15) is 57.4 Å². The lowest BCUT2D eigenvalue weighted by Crippen LogP contribution is -2.19. The van der Waals surface area contributed by atoms with Crippen LogP contribution in [0.25, 0.3) is 0 Å². The van der Waals surface area contributed by atoms with Gasteiger partial charge in [-0.2, -0.15) is 0 Å². The Morgan fingerprint density at radius 2 is 1.95 bits per heavy atom. The number of rotatable bonds is 5. The van der Waals surface area contributed by atoms with Crippen LogP contribution in [0.5, 0.6) is 0 Å². The number of hydrogen-bond donors (Lipinski definition) is 1. The molecule has 0 heterocycles. The highest BCUT2D eigenvalue weighted by Crippen LogP contribution is 2.29. The zero-order valence-electron chi connectivity index (χ0n) is 14.3. The number of hydrogen-bond acceptors (Lipinski definition) is 2. The van der Waals surface area contributed by atoms with Crippen LogP contribution in [0, 0.1) is 12.8 Å². The summed E-state index contributed by atoms with van der Waals surface area (Å²) >= 11 is 0. The first-order valence-electron chi connectivity index (χ1n) is 8.64. The van der Waals surface area contributed by atoms with Crippen molar-refractivity contribution >= 4 is 11.4 Å². The summed E-state index contributed by atoms with van der Waals surface area (Å²) in [5.74, 6) is 0.971. The molecule has 0 bridgehead atoms. The average Bonchev–Trinajstić information content (AvgIpc) is 2.67. The van der Waals surface area contributed by atoms with Crippen molar-refractivity contribution in [3.8, 4) is 0 Å². The second kappa shape index (κ2) is 7.72. The summed E-state index contributed by atoms with van der Waals surface area (Å²) in [6.07, 6.45) is 9.65. The highest BCUT2D eigenvalue weighted by atomic mass is 15.1. The molecule has 0 spiro atoms. The second-order valence-corrected chi connectivity index (χ2v) is 6.90. The fourth-order valence-corrected chi connectivity index (χ4v) is 3.53. The van der Waals surface area contributed by atoms with Gasteiger partial charge in [-0.15, -0.1) is 0 Å². The zero-order valence-corrected chi connectivity index (χ0v) is 14.3. The van der Waals surface area contributed by atoms with Crippen molar-refractivity contribution in [3.05, 3.63) is 23.8 Å². The van der Waals surface area contributed by atoms with Crippen molar-refractivity contribution < 1.29 is 0 Å². The maximum Gasteiger partial charge on any atom is 0.0373 e. The minimum atomic E-state index is 0.663. The van der Waals surface area contributed by atoms with Gasteiger partial charge in [0.25, 0.3) is 0 Å². The van der Waals surface area contributed by atoms with E-state index in [9.17, 15) is 0 Å². The summed E-state index contributed by atoms with van der Waals surface area (Å²) in [6, 6.07) is 7.40. The molecule has 21 heavy (non-hydrogen) atoms. The fourth-order valence-electron chi connectivity index (χ4n) is 3.53. The second-order valence-electron chi connectivity index (χ2n) is 6.90. The van der Waals surface area contributed by atoms with E-state index in [2.05, 4.69) is 56.4 Å². The van der Waals surface area contributed by atoms with Crippen LogP contribution in [0.3, 0.4) is 0 Å². The smallest absolute Gasteiger partial charge is 0.0373 e. The summed E-state index contributed by atoms with van der Waals surface area (Å²) in [5, 5.41) is 3.80. The summed E-state index contributed by atoms with van der Waals surface area (Å²) in [4.78, 5) is 2.16. The van der Waals surface area contributed by atoms with Crippen molar-refractivity contribution in [2.24, 2.45) is 5.92 Å². The monoisotopic (exact) mass is 288 g/mol. The lowest BCUT2D eigenvalue weighted by Gasteiger charge is -2.21. The number of anilines is 2. The average molecular weight is 288 g/mol. The summed E-state index contributed by atoms with van der Waals surface area (Å²) in [5.41, 5.74) is 3.96. The van der Waals surface area contributed by atoms with Crippen molar-refractivity contribution in [1.82, 2.24) is 0 Å². The van der Waals surface area contributed by atoms with E-state index in [-0.39, 0.29) is 0 Å². The molecule has 2 nitrogen and oxygen atoms in total. The highest BCUT2D eigenvalue weighted by Gasteiger charge is 2.18. The predicted octanol–water partition coefficient (Wildman–Crippen LogP) is 5.22. The SMILES string of the molecule is CCCC1CCCC(Nc2ccc(N(C)C)cc2C)CC1.